The Bertz CT molecular complexity index is 523. The number of hydrogen-bond acceptors (Lipinski definition) is 7. The van der Waals surface area contributed by atoms with Gasteiger partial charge in [0.25, 0.3) is 10.0 Å². The number of nitrogens with zero attached hydrogens (tertiary/aromatic N) is 3. The van der Waals surface area contributed by atoms with Crippen LogP contribution in [0.1, 0.15) is 0 Å². The molecule has 0 spiro atoms. The number of hydrogen-bond donors (Lipinski definition) is 2. The number of aryl methyl sites for hydroxylation is 1. The first-order valence-electron chi connectivity index (χ1n) is 4.59. The Morgan fingerprint density at radius 1 is 1.67 bits per heavy atom. The summed E-state index contributed by atoms with van der Waals surface area (Å²) in [6.45, 7) is -0.727. The van der Waals surface area contributed by atoms with Gasteiger partial charge in [-0.2, -0.15) is 4.72 Å². The number of ether oxygens (including phenoxy) is 1. The van der Waals surface area contributed by atoms with E-state index >= 15 is 0 Å². The molecule has 0 unspecified atom stereocenters. The third-order valence-electron chi connectivity index (χ3n) is 1.96. The Labute approximate surface area is 111 Å². The zero-order valence-electron chi connectivity index (χ0n) is 9.49. The summed E-state index contributed by atoms with van der Waals surface area (Å²) >= 11 is 2.93. The molecule has 1 heterocycles. The first kappa shape index (κ1) is 15.0. The zero-order valence-corrected chi connectivity index (χ0v) is 11.9. The highest BCUT2D eigenvalue weighted by atomic mass is 79.9. The smallest absolute Gasteiger partial charge is 0.326 e. The maximum absolute atomic E-state index is 12.0. The molecule has 0 saturated carbocycles. The van der Waals surface area contributed by atoms with Gasteiger partial charge in [0.05, 0.1) is 13.7 Å². The van der Waals surface area contributed by atoms with E-state index < -0.39 is 28.6 Å². The summed E-state index contributed by atoms with van der Waals surface area (Å²) in [7, 11) is -1.61. The molecule has 0 aromatic carbocycles. The topological polar surface area (TPSA) is 123 Å². The van der Waals surface area contributed by atoms with E-state index in [1.54, 1.807) is 0 Å². The van der Waals surface area contributed by atoms with Crippen molar-refractivity contribution in [3.63, 3.8) is 0 Å². The molecule has 1 aromatic rings. The van der Waals surface area contributed by atoms with Gasteiger partial charge in [-0.25, -0.2) is 13.1 Å². The summed E-state index contributed by atoms with van der Waals surface area (Å²) in [5.74, 6) is -0.896. The van der Waals surface area contributed by atoms with Crippen molar-refractivity contribution in [3.05, 3.63) is 4.60 Å². The summed E-state index contributed by atoms with van der Waals surface area (Å²) in [6.07, 6.45) is 0. The average Bonchev–Trinajstić information content (AvgIpc) is 2.65. The number of aliphatic hydroxyl groups excluding tert-OH is 1. The summed E-state index contributed by atoms with van der Waals surface area (Å²) in [5, 5.41) is 15.7. The normalized spacial score (nSPS) is 13.3. The first-order valence-corrected chi connectivity index (χ1v) is 6.87. The number of rotatable bonds is 5. The Morgan fingerprint density at radius 2 is 2.28 bits per heavy atom. The number of sulfonamides is 1. The zero-order chi connectivity index (χ0) is 13.9. The molecule has 0 aliphatic heterocycles. The monoisotopic (exact) mass is 342 g/mol. The second kappa shape index (κ2) is 5.73. The summed E-state index contributed by atoms with van der Waals surface area (Å²) in [6, 6.07) is -1.39. The fourth-order valence-corrected chi connectivity index (χ4v) is 3.42. The number of aromatic nitrogens is 3. The lowest BCUT2D eigenvalue weighted by molar-refractivity contribution is -0.143. The van der Waals surface area contributed by atoms with E-state index in [4.69, 9.17) is 5.11 Å². The molecule has 1 atom stereocenters. The maximum atomic E-state index is 12.0. The molecule has 102 valence electrons. The molecule has 1 rings (SSSR count). The summed E-state index contributed by atoms with van der Waals surface area (Å²) in [5.41, 5.74) is 0. The minimum absolute atomic E-state index is 0.000874. The van der Waals surface area contributed by atoms with Gasteiger partial charge in [0, 0.05) is 7.05 Å². The third-order valence-corrected chi connectivity index (χ3v) is 4.32. The van der Waals surface area contributed by atoms with Crippen molar-refractivity contribution in [1.82, 2.24) is 19.7 Å². The minimum Gasteiger partial charge on any atom is -0.468 e. The van der Waals surface area contributed by atoms with Crippen molar-refractivity contribution in [2.45, 2.75) is 11.1 Å². The van der Waals surface area contributed by atoms with Crippen LogP contribution >= 0.6 is 15.9 Å². The highest BCUT2D eigenvalue weighted by Gasteiger charge is 2.30. The van der Waals surface area contributed by atoms with Gasteiger partial charge in [-0.1, -0.05) is 5.21 Å². The number of carbonyl (C=O) groups is 1. The Hall–Kier alpha value is -1.04. The van der Waals surface area contributed by atoms with Crippen molar-refractivity contribution in [2.75, 3.05) is 13.7 Å². The standard InChI is InChI=1S/C7H11BrN4O5S/c1-12-6(5(8)9-11-12)18(15,16)10-4(3-13)7(14)17-2/h4,10,13H,3H2,1-2H3/t4-/m0/s1. The number of esters is 1. The molecule has 18 heavy (non-hydrogen) atoms. The van der Waals surface area contributed by atoms with Crippen LogP contribution in [0, 0.1) is 0 Å². The van der Waals surface area contributed by atoms with Crippen LogP contribution in [0.5, 0.6) is 0 Å². The fourth-order valence-electron chi connectivity index (χ4n) is 1.15. The molecular formula is C7H11BrN4O5S. The van der Waals surface area contributed by atoms with Crippen LogP contribution in [0.3, 0.4) is 0 Å². The van der Waals surface area contributed by atoms with Crippen LogP contribution in [0.4, 0.5) is 0 Å². The van der Waals surface area contributed by atoms with Crippen LogP contribution in [0.25, 0.3) is 0 Å². The molecule has 9 nitrogen and oxygen atoms in total. The molecule has 1 aromatic heterocycles. The minimum atomic E-state index is -4.06. The van der Waals surface area contributed by atoms with Crippen molar-refractivity contribution in [2.24, 2.45) is 7.05 Å². The number of carbonyl (C=O) groups excluding carboxylic acids is 1. The van der Waals surface area contributed by atoms with Gasteiger partial charge in [0.1, 0.15) is 6.04 Å². The van der Waals surface area contributed by atoms with Gasteiger partial charge in [-0.3, -0.25) is 4.79 Å². The van der Waals surface area contributed by atoms with E-state index in [2.05, 4.69) is 31.0 Å². The molecule has 0 bridgehead atoms. The van der Waals surface area contributed by atoms with E-state index in [-0.39, 0.29) is 9.63 Å². The lowest BCUT2D eigenvalue weighted by atomic mass is 10.3. The van der Waals surface area contributed by atoms with Gasteiger partial charge in [-0.15, -0.1) is 5.10 Å². The van der Waals surface area contributed by atoms with Gasteiger partial charge < -0.3 is 9.84 Å². The number of nitrogens with one attached hydrogen (secondary N) is 1. The van der Waals surface area contributed by atoms with Gasteiger partial charge in [0.2, 0.25) is 5.03 Å². The van der Waals surface area contributed by atoms with E-state index in [0.717, 1.165) is 11.8 Å². The van der Waals surface area contributed by atoms with Crippen LogP contribution < -0.4 is 4.72 Å². The molecule has 11 heteroatoms. The molecule has 0 amide bonds. The first-order chi connectivity index (χ1) is 8.33. The highest BCUT2D eigenvalue weighted by molar-refractivity contribution is 9.10. The van der Waals surface area contributed by atoms with Crippen molar-refractivity contribution in [1.29, 1.82) is 0 Å². The molecule has 0 fully saturated rings. The van der Waals surface area contributed by atoms with E-state index in [1.165, 1.54) is 7.05 Å². The fraction of sp³-hybridized carbons (Fsp3) is 0.571. The second-order valence-electron chi connectivity index (χ2n) is 3.19. The van der Waals surface area contributed by atoms with Crippen molar-refractivity contribution in [3.8, 4) is 0 Å². The van der Waals surface area contributed by atoms with Crippen LogP contribution in [-0.2, 0) is 26.6 Å². The summed E-state index contributed by atoms with van der Waals surface area (Å²) in [4.78, 5) is 11.2. The quantitative estimate of drug-likeness (QED) is 0.617. The lowest BCUT2D eigenvalue weighted by Crippen LogP contribution is -2.44. The summed E-state index contributed by atoms with van der Waals surface area (Å²) < 4.78 is 31.3. The maximum Gasteiger partial charge on any atom is 0.326 e. The highest BCUT2D eigenvalue weighted by Crippen LogP contribution is 2.17. The SMILES string of the molecule is COC(=O)[C@H](CO)NS(=O)(=O)c1c(Br)nnn1C. The second-order valence-corrected chi connectivity index (χ2v) is 5.57. The molecule has 0 saturated heterocycles. The van der Waals surface area contributed by atoms with E-state index in [0.29, 0.717) is 0 Å². The Kier molecular flexibility index (Phi) is 4.78. The van der Waals surface area contributed by atoms with Gasteiger partial charge in [0.15, 0.2) is 4.60 Å². The number of methoxy groups -OCH3 is 1. The van der Waals surface area contributed by atoms with Crippen LogP contribution in [-0.4, -0.2) is 54.2 Å². The van der Waals surface area contributed by atoms with Crippen molar-refractivity contribution >= 4 is 31.9 Å². The largest absolute Gasteiger partial charge is 0.468 e. The van der Waals surface area contributed by atoms with Crippen LogP contribution in [0.2, 0.25) is 0 Å². The molecule has 2 N–H and O–H groups in total. The number of aliphatic hydroxyl groups is 1. The predicted octanol–water partition coefficient (Wildman–Crippen LogP) is -1.61. The molecule has 0 aliphatic rings. The third kappa shape index (κ3) is 3.04. The van der Waals surface area contributed by atoms with E-state index in [1.807, 2.05) is 4.72 Å². The van der Waals surface area contributed by atoms with Crippen molar-refractivity contribution < 1.29 is 23.1 Å². The Morgan fingerprint density at radius 3 is 2.67 bits per heavy atom. The Balaban J connectivity index is 3.05. The lowest BCUT2D eigenvalue weighted by Gasteiger charge is -2.13. The molecular weight excluding hydrogens is 332 g/mol. The number of halogens is 1. The van der Waals surface area contributed by atoms with Gasteiger partial charge in [-0.05, 0) is 15.9 Å². The predicted molar refractivity (Wildman–Crippen MR) is 61.9 cm³/mol. The molecule has 0 aliphatic carbocycles. The van der Waals surface area contributed by atoms with Gasteiger partial charge >= 0.3 is 5.97 Å². The van der Waals surface area contributed by atoms with E-state index in [9.17, 15) is 13.2 Å². The van der Waals surface area contributed by atoms with Crippen LogP contribution in [0.15, 0.2) is 9.63 Å². The average molecular weight is 343 g/mol. The molecule has 0 radical (unpaired) electrons.